The molecule has 0 fully saturated rings. The molecule has 0 aliphatic rings. The van der Waals surface area contributed by atoms with E-state index >= 15 is 0 Å². The molecule has 3 nitrogen and oxygen atoms in total. The smallest absolute Gasteiger partial charge is 0.233 e. The monoisotopic (exact) mass is 315 g/mol. The second-order valence-corrected chi connectivity index (χ2v) is 6.44. The van der Waals surface area contributed by atoms with Crippen molar-refractivity contribution < 1.29 is 9.53 Å². The molecule has 0 radical (unpaired) electrons. The molecule has 0 unspecified atom stereocenters. The fourth-order valence-corrected chi connectivity index (χ4v) is 2.86. The number of thioether (sulfide) groups is 1. The molecule has 2 aromatic carbocycles. The zero-order valence-corrected chi connectivity index (χ0v) is 13.7. The Labute approximate surface area is 136 Å². The van der Waals surface area contributed by atoms with Crippen LogP contribution in [0.4, 0.5) is 0 Å². The molecule has 0 bridgehead atoms. The number of rotatable bonds is 7. The van der Waals surface area contributed by atoms with Crippen LogP contribution in [0, 0.1) is 6.92 Å². The Morgan fingerprint density at radius 1 is 1.18 bits per heavy atom. The van der Waals surface area contributed by atoms with Crippen molar-refractivity contribution in [1.82, 2.24) is 5.32 Å². The number of hydrogen-bond acceptors (Lipinski definition) is 3. The van der Waals surface area contributed by atoms with Crippen molar-refractivity contribution in [3.8, 4) is 5.75 Å². The molecule has 0 aliphatic heterocycles. The minimum atomic E-state index is -0.124. The van der Waals surface area contributed by atoms with Crippen LogP contribution in [0.3, 0.4) is 0 Å². The van der Waals surface area contributed by atoms with E-state index in [4.69, 9.17) is 4.74 Å². The van der Waals surface area contributed by atoms with Gasteiger partial charge in [0, 0.05) is 4.90 Å². The van der Waals surface area contributed by atoms with E-state index < -0.39 is 0 Å². The normalized spacial score (nSPS) is 11.7. The van der Waals surface area contributed by atoms with Gasteiger partial charge >= 0.3 is 0 Å². The first-order valence-corrected chi connectivity index (χ1v) is 8.22. The van der Waals surface area contributed by atoms with Crippen molar-refractivity contribution in [3.05, 3.63) is 60.2 Å². The van der Waals surface area contributed by atoms with Gasteiger partial charge in [-0.15, -0.1) is 11.8 Å². The lowest BCUT2D eigenvalue weighted by Crippen LogP contribution is -2.33. The molecule has 0 aliphatic carbocycles. The molecule has 4 heteroatoms. The number of hydrogen-bond donors (Lipinski definition) is 1. The molecular weight excluding hydrogens is 294 g/mol. The quantitative estimate of drug-likeness (QED) is 0.626. The summed E-state index contributed by atoms with van der Waals surface area (Å²) in [6.07, 6.45) is 0. The lowest BCUT2D eigenvalue weighted by atomic mass is 10.2. The number of carbonyl (C=O) groups is 1. The van der Waals surface area contributed by atoms with Crippen LogP contribution in [-0.2, 0) is 4.79 Å². The van der Waals surface area contributed by atoms with Gasteiger partial charge in [-0.3, -0.25) is 4.79 Å². The van der Waals surface area contributed by atoms with Crippen LogP contribution in [0.25, 0.3) is 0 Å². The van der Waals surface area contributed by atoms with Gasteiger partial charge in [-0.05, 0) is 43.7 Å². The third kappa shape index (κ3) is 5.45. The lowest BCUT2D eigenvalue weighted by Gasteiger charge is -2.12. The first-order valence-electron chi connectivity index (χ1n) is 7.34. The molecule has 1 N–H and O–H groups in total. The van der Waals surface area contributed by atoms with Crippen LogP contribution in [0.5, 0.6) is 5.75 Å². The van der Waals surface area contributed by atoms with Crippen LogP contribution < -0.4 is 10.1 Å². The van der Waals surface area contributed by atoms with E-state index in [-0.39, 0.29) is 11.2 Å². The Hall–Kier alpha value is -1.94. The van der Waals surface area contributed by atoms with E-state index in [2.05, 4.69) is 5.32 Å². The maximum absolute atomic E-state index is 12.0. The van der Waals surface area contributed by atoms with Gasteiger partial charge in [-0.1, -0.05) is 30.3 Å². The Balaban J connectivity index is 1.69. The number of aryl methyl sites for hydroxylation is 1. The van der Waals surface area contributed by atoms with Crippen molar-refractivity contribution >= 4 is 17.7 Å². The third-order valence-electron chi connectivity index (χ3n) is 3.08. The summed E-state index contributed by atoms with van der Waals surface area (Å²) in [7, 11) is 0. The SMILES string of the molecule is Cc1cccc(OCCNC(=O)[C@H](C)Sc2ccccc2)c1. The molecule has 0 aromatic heterocycles. The largest absolute Gasteiger partial charge is 0.492 e. The van der Waals surface area contributed by atoms with Crippen LogP contribution in [0.1, 0.15) is 12.5 Å². The van der Waals surface area contributed by atoms with E-state index in [1.807, 2.05) is 68.4 Å². The van der Waals surface area contributed by atoms with Crippen molar-refractivity contribution in [1.29, 1.82) is 0 Å². The van der Waals surface area contributed by atoms with Crippen LogP contribution in [-0.4, -0.2) is 24.3 Å². The highest BCUT2D eigenvalue weighted by atomic mass is 32.2. The summed E-state index contributed by atoms with van der Waals surface area (Å²) in [6.45, 7) is 4.91. The van der Waals surface area contributed by atoms with E-state index in [0.29, 0.717) is 13.2 Å². The Morgan fingerprint density at radius 3 is 2.68 bits per heavy atom. The molecule has 1 atom stereocenters. The van der Waals surface area contributed by atoms with Crippen molar-refractivity contribution in [2.24, 2.45) is 0 Å². The molecular formula is C18H21NO2S. The minimum absolute atomic E-state index is 0.0293. The summed E-state index contributed by atoms with van der Waals surface area (Å²) >= 11 is 1.56. The summed E-state index contributed by atoms with van der Waals surface area (Å²) in [4.78, 5) is 13.1. The molecule has 2 aromatic rings. The zero-order valence-electron chi connectivity index (χ0n) is 12.9. The van der Waals surface area contributed by atoms with Gasteiger partial charge in [0.1, 0.15) is 12.4 Å². The van der Waals surface area contributed by atoms with Gasteiger partial charge in [0.2, 0.25) is 5.91 Å². The molecule has 116 valence electrons. The Bertz CT molecular complexity index is 601. The molecule has 0 heterocycles. The molecule has 22 heavy (non-hydrogen) atoms. The first kappa shape index (κ1) is 16.4. The fourth-order valence-electron chi connectivity index (χ4n) is 1.95. The average molecular weight is 315 g/mol. The van der Waals surface area contributed by atoms with E-state index in [9.17, 15) is 4.79 Å². The van der Waals surface area contributed by atoms with Gasteiger partial charge in [0.05, 0.1) is 11.8 Å². The third-order valence-corrected chi connectivity index (χ3v) is 4.20. The number of nitrogens with one attached hydrogen (secondary N) is 1. The van der Waals surface area contributed by atoms with Gasteiger partial charge < -0.3 is 10.1 Å². The Morgan fingerprint density at radius 2 is 1.95 bits per heavy atom. The second-order valence-electron chi connectivity index (χ2n) is 5.03. The second kappa shape index (κ2) is 8.49. The topological polar surface area (TPSA) is 38.3 Å². The summed E-state index contributed by atoms with van der Waals surface area (Å²) in [5, 5.41) is 2.78. The van der Waals surface area contributed by atoms with Crippen LogP contribution >= 0.6 is 11.8 Å². The van der Waals surface area contributed by atoms with Crippen molar-refractivity contribution in [2.45, 2.75) is 24.0 Å². The van der Waals surface area contributed by atoms with Gasteiger partial charge in [-0.2, -0.15) is 0 Å². The Kier molecular flexibility index (Phi) is 6.34. The van der Waals surface area contributed by atoms with Crippen molar-refractivity contribution in [2.75, 3.05) is 13.2 Å². The number of ether oxygens (including phenoxy) is 1. The minimum Gasteiger partial charge on any atom is -0.492 e. The molecule has 2 rings (SSSR count). The standard InChI is InChI=1S/C18H21NO2S/c1-14-7-6-8-16(13-14)21-12-11-19-18(20)15(2)22-17-9-4-3-5-10-17/h3-10,13,15H,11-12H2,1-2H3,(H,19,20)/t15-/m0/s1. The summed E-state index contributed by atoms with van der Waals surface area (Å²) < 4.78 is 5.61. The fraction of sp³-hybridized carbons (Fsp3) is 0.278. The maximum atomic E-state index is 12.0. The summed E-state index contributed by atoms with van der Waals surface area (Å²) in [6, 6.07) is 17.8. The number of amides is 1. The molecule has 0 saturated heterocycles. The van der Waals surface area contributed by atoms with Gasteiger partial charge in [0.25, 0.3) is 0 Å². The average Bonchev–Trinajstić information content (AvgIpc) is 2.52. The number of carbonyl (C=O) groups excluding carboxylic acids is 1. The lowest BCUT2D eigenvalue weighted by molar-refractivity contribution is -0.120. The highest BCUT2D eigenvalue weighted by Gasteiger charge is 2.13. The van der Waals surface area contributed by atoms with Crippen molar-refractivity contribution in [3.63, 3.8) is 0 Å². The van der Waals surface area contributed by atoms with Gasteiger partial charge in [0.15, 0.2) is 0 Å². The first-order chi connectivity index (χ1) is 10.6. The van der Waals surface area contributed by atoms with Crippen LogP contribution in [0.2, 0.25) is 0 Å². The van der Waals surface area contributed by atoms with E-state index in [1.165, 1.54) is 0 Å². The molecule has 0 saturated carbocycles. The van der Waals surface area contributed by atoms with E-state index in [0.717, 1.165) is 16.2 Å². The maximum Gasteiger partial charge on any atom is 0.233 e. The zero-order chi connectivity index (χ0) is 15.8. The summed E-state index contributed by atoms with van der Waals surface area (Å²) in [5.74, 6) is 0.864. The molecule has 0 spiro atoms. The highest BCUT2D eigenvalue weighted by Crippen LogP contribution is 2.22. The highest BCUT2D eigenvalue weighted by molar-refractivity contribution is 8.00. The van der Waals surface area contributed by atoms with Crippen LogP contribution in [0.15, 0.2) is 59.5 Å². The molecule has 1 amide bonds. The predicted molar refractivity (Wildman–Crippen MR) is 91.4 cm³/mol. The van der Waals surface area contributed by atoms with E-state index in [1.54, 1.807) is 11.8 Å². The predicted octanol–water partition coefficient (Wildman–Crippen LogP) is 3.67. The van der Waals surface area contributed by atoms with Gasteiger partial charge in [-0.25, -0.2) is 0 Å². The summed E-state index contributed by atoms with van der Waals surface area (Å²) in [5.41, 5.74) is 1.16. The number of benzene rings is 2.